The highest BCUT2D eigenvalue weighted by Gasteiger charge is 2.47. The molecule has 1 aromatic rings. The minimum atomic E-state index is 0.202. The summed E-state index contributed by atoms with van der Waals surface area (Å²) >= 11 is 0. The van der Waals surface area contributed by atoms with Gasteiger partial charge in [0.05, 0.1) is 41.6 Å². The van der Waals surface area contributed by atoms with Gasteiger partial charge in [-0.3, -0.25) is 0 Å². The van der Waals surface area contributed by atoms with Gasteiger partial charge in [-0.2, -0.15) is 5.26 Å². The SMILES string of the molecule is C=C/C(C#N)=C\c1c(C)ncn1CC1CCCC2(CO2)C1.CC. The van der Waals surface area contributed by atoms with E-state index < -0.39 is 0 Å². The molecule has 0 radical (unpaired) electrons. The Labute approximate surface area is 139 Å². The summed E-state index contributed by atoms with van der Waals surface area (Å²) in [6.45, 7) is 11.5. The highest BCUT2D eigenvalue weighted by Crippen LogP contribution is 2.44. The smallest absolute Gasteiger partial charge is 0.0992 e. The molecule has 1 spiro atoms. The molecule has 2 atom stereocenters. The lowest BCUT2D eigenvalue weighted by molar-refractivity contribution is 0.178. The molecule has 4 nitrogen and oxygen atoms in total. The highest BCUT2D eigenvalue weighted by atomic mass is 16.6. The van der Waals surface area contributed by atoms with Gasteiger partial charge in [-0.25, -0.2) is 4.98 Å². The zero-order valence-corrected chi connectivity index (χ0v) is 14.5. The molecule has 1 saturated carbocycles. The molecule has 1 aliphatic heterocycles. The van der Waals surface area contributed by atoms with E-state index in [0.717, 1.165) is 31.0 Å². The Hall–Kier alpha value is -1.86. The third kappa shape index (κ3) is 4.11. The molecule has 0 aromatic carbocycles. The van der Waals surface area contributed by atoms with Crippen molar-refractivity contribution >= 4 is 6.08 Å². The largest absolute Gasteiger partial charge is 0.370 e. The van der Waals surface area contributed by atoms with Crippen molar-refractivity contribution in [3.05, 3.63) is 35.9 Å². The molecular formula is C19H27N3O. The molecule has 4 heteroatoms. The number of hydrogen-bond acceptors (Lipinski definition) is 3. The van der Waals surface area contributed by atoms with Crippen molar-refractivity contribution in [1.82, 2.24) is 9.55 Å². The number of nitrogens with zero attached hydrogens (tertiary/aromatic N) is 3. The van der Waals surface area contributed by atoms with Crippen LogP contribution in [0, 0.1) is 24.2 Å². The number of hydrogen-bond donors (Lipinski definition) is 0. The molecule has 2 unspecified atom stereocenters. The van der Waals surface area contributed by atoms with Gasteiger partial charge in [0.25, 0.3) is 0 Å². The molecule has 124 valence electrons. The number of aryl methyl sites for hydroxylation is 1. The maximum atomic E-state index is 9.07. The van der Waals surface area contributed by atoms with Crippen LogP contribution < -0.4 is 0 Å². The van der Waals surface area contributed by atoms with Crippen LogP contribution in [0.25, 0.3) is 6.08 Å². The number of rotatable bonds is 4. The highest BCUT2D eigenvalue weighted by molar-refractivity contribution is 5.59. The number of nitriles is 1. The molecule has 1 saturated heterocycles. The minimum absolute atomic E-state index is 0.202. The summed E-state index contributed by atoms with van der Waals surface area (Å²) in [6.07, 6.45) is 10.2. The Bertz CT molecular complexity index is 617. The fraction of sp³-hybridized carbons (Fsp3) is 0.579. The molecule has 3 rings (SSSR count). The number of aromatic nitrogens is 2. The van der Waals surface area contributed by atoms with Crippen LogP contribution in [-0.4, -0.2) is 21.8 Å². The second-order valence-corrected chi connectivity index (χ2v) is 6.22. The van der Waals surface area contributed by atoms with Crippen LogP contribution >= 0.6 is 0 Å². The van der Waals surface area contributed by atoms with Crippen molar-refractivity contribution < 1.29 is 4.74 Å². The van der Waals surface area contributed by atoms with Crippen LogP contribution in [0.2, 0.25) is 0 Å². The molecule has 2 fully saturated rings. The van der Waals surface area contributed by atoms with E-state index in [4.69, 9.17) is 10.00 Å². The number of allylic oxidation sites excluding steroid dienone is 2. The summed E-state index contributed by atoms with van der Waals surface area (Å²) in [5.41, 5.74) is 2.75. The first-order chi connectivity index (χ1) is 11.2. The lowest BCUT2D eigenvalue weighted by Gasteiger charge is -2.27. The Morgan fingerprint density at radius 3 is 2.96 bits per heavy atom. The van der Waals surface area contributed by atoms with E-state index in [2.05, 4.69) is 22.2 Å². The van der Waals surface area contributed by atoms with Gasteiger partial charge in [-0.05, 0) is 38.2 Å². The van der Waals surface area contributed by atoms with E-state index in [1.165, 1.54) is 19.3 Å². The first-order valence-corrected chi connectivity index (χ1v) is 8.56. The van der Waals surface area contributed by atoms with Crippen molar-refractivity contribution in [2.75, 3.05) is 6.61 Å². The maximum Gasteiger partial charge on any atom is 0.0992 e. The Balaban J connectivity index is 0.000000924. The zero-order valence-electron chi connectivity index (χ0n) is 14.5. The van der Waals surface area contributed by atoms with Crippen molar-refractivity contribution in [1.29, 1.82) is 5.26 Å². The van der Waals surface area contributed by atoms with Crippen molar-refractivity contribution in [2.45, 2.75) is 58.6 Å². The van der Waals surface area contributed by atoms with Gasteiger partial charge in [-0.15, -0.1) is 0 Å². The van der Waals surface area contributed by atoms with E-state index in [1.807, 2.05) is 33.2 Å². The van der Waals surface area contributed by atoms with E-state index in [9.17, 15) is 0 Å². The quantitative estimate of drug-likeness (QED) is 0.474. The average Bonchev–Trinajstić information content (AvgIpc) is 3.24. The van der Waals surface area contributed by atoms with Gasteiger partial charge in [0, 0.05) is 6.54 Å². The second kappa shape index (κ2) is 7.61. The summed E-state index contributed by atoms with van der Waals surface area (Å²) in [5.74, 6) is 0.635. The van der Waals surface area contributed by atoms with Crippen molar-refractivity contribution in [2.24, 2.45) is 5.92 Å². The normalized spacial score (nSPS) is 26.2. The Kier molecular flexibility index (Phi) is 5.79. The first kappa shape index (κ1) is 17.5. The van der Waals surface area contributed by atoms with Crippen LogP contribution in [0.3, 0.4) is 0 Å². The summed E-state index contributed by atoms with van der Waals surface area (Å²) in [5, 5.41) is 9.07. The molecule has 2 heterocycles. The fourth-order valence-corrected chi connectivity index (χ4v) is 3.35. The summed E-state index contributed by atoms with van der Waals surface area (Å²) in [7, 11) is 0. The number of epoxide rings is 1. The molecule has 0 amide bonds. The van der Waals surface area contributed by atoms with E-state index >= 15 is 0 Å². The average molecular weight is 313 g/mol. The van der Waals surface area contributed by atoms with E-state index in [-0.39, 0.29) is 5.60 Å². The van der Waals surface area contributed by atoms with Crippen LogP contribution in [-0.2, 0) is 11.3 Å². The third-order valence-corrected chi connectivity index (χ3v) is 4.63. The van der Waals surface area contributed by atoms with Crippen LogP contribution in [0.5, 0.6) is 0 Å². The summed E-state index contributed by atoms with van der Waals surface area (Å²) in [4.78, 5) is 4.40. The van der Waals surface area contributed by atoms with Crippen LogP contribution in [0.1, 0.15) is 50.9 Å². The van der Waals surface area contributed by atoms with Crippen LogP contribution in [0.15, 0.2) is 24.6 Å². The van der Waals surface area contributed by atoms with Gasteiger partial charge < -0.3 is 9.30 Å². The van der Waals surface area contributed by atoms with Gasteiger partial charge in [0.1, 0.15) is 0 Å². The first-order valence-electron chi connectivity index (χ1n) is 8.56. The van der Waals surface area contributed by atoms with Crippen molar-refractivity contribution in [3.63, 3.8) is 0 Å². The molecule has 2 aliphatic rings. The van der Waals surface area contributed by atoms with Crippen molar-refractivity contribution in [3.8, 4) is 6.07 Å². The van der Waals surface area contributed by atoms with Gasteiger partial charge in [0.15, 0.2) is 0 Å². The van der Waals surface area contributed by atoms with Gasteiger partial charge in [0.2, 0.25) is 0 Å². The molecule has 23 heavy (non-hydrogen) atoms. The number of ether oxygens (including phenoxy) is 1. The topological polar surface area (TPSA) is 54.1 Å². The molecule has 1 aromatic heterocycles. The predicted octanol–water partition coefficient (Wildman–Crippen LogP) is 4.27. The monoisotopic (exact) mass is 313 g/mol. The molecular weight excluding hydrogens is 286 g/mol. The van der Waals surface area contributed by atoms with Gasteiger partial charge >= 0.3 is 0 Å². The van der Waals surface area contributed by atoms with Gasteiger partial charge in [-0.1, -0.05) is 32.9 Å². The van der Waals surface area contributed by atoms with E-state index in [1.54, 1.807) is 6.08 Å². The fourth-order valence-electron chi connectivity index (χ4n) is 3.35. The lowest BCUT2D eigenvalue weighted by Crippen LogP contribution is -2.26. The second-order valence-electron chi connectivity index (χ2n) is 6.22. The third-order valence-electron chi connectivity index (χ3n) is 4.63. The Morgan fingerprint density at radius 2 is 2.35 bits per heavy atom. The van der Waals surface area contributed by atoms with Crippen LogP contribution in [0.4, 0.5) is 0 Å². The summed E-state index contributed by atoms with van der Waals surface area (Å²) < 4.78 is 7.82. The molecule has 0 bridgehead atoms. The standard InChI is InChI=1S/C17H21N3O.C2H6/c1-3-14(9-18)7-16-13(2)19-12-20(16)10-15-5-4-6-17(8-15)11-21-17;1-2/h3,7,12,15H,1,4-6,8,10-11H2,2H3;1-2H3/b14-7+;. The predicted molar refractivity (Wildman–Crippen MR) is 92.7 cm³/mol. The number of imidazole rings is 1. The minimum Gasteiger partial charge on any atom is -0.370 e. The lowest BCUT2D eigenvalue weighted by atomic mass is 9.81. The molecule has 0 N–H and O–H groups in total. The maximum absolute atomic E-state index is 9.07. The molecule has 1 aliphatic carbocycles. The zero-order chi connectivity index (χ0) is 16.9. The summed E-state index contributed by atoms with van der Waals surface area (Å²) in [6, 6.07) is 2.15. The van der Waals surface area contributed by atoms with E-state index in [0.29, 0.717) is 11.5 Å². The Morgan fingerprint density at radius 1 is 1.61 bits per heavy atom.